The van der Waals surface area contributed by atoms with E-state index in [0.717, 1.165) is 37.1 Å². The van der Waals surface area contributed by atoms with Crippen molar-refractivity contribution in [2.75, 3.05) is 6.54 Å². The van der Waals surface area contributed by atoms with Crippen LogP contribution in [-0.2, 0) is 11.2 Å². The molecule has 0 aromatic heterocycles. The van der Waals surface area contributed by atoms with Gasteiger partial charge in [0.1, 0.15) is 5.37 Å². The van der Waals surface area contributed by atoms with E-state index in [9.17, 15) is 9.90 Å². The Labute approximate surface area is 172 Å². The van der Waals surface area contributed by atoms with E-state index in [1.165, 1.54) is 31.2 Å². The van der Waals surface area contributed by atoms with Crippen LogP contribution in [0, 0.1) is 17.8 Å². The summed E-state index contributed by atoms with van der Waals surface area (Å²) in [5, 5.41) is 10.1. The number of allylic oxidation sites excluding steroid dienone is 2. The Balaban J connectivity index is 1.40. The standard InChI is InChI=1S/C24H31NO2S/c1-17(9-10-18-6-3-2-4-7-18)28-23-22(24(26)27)8-5-13-25(23)16-21-15-19-11-12-20(21)14-19/h2-8,13,17,19-21,23H,9-12,14-16H2,1H3,(H,26,27). The molecule has 5 unspecified atom stereocenters. The van der Waals surface area contributed by atoms with Gasteiger partial charge in [0.05, 0.1) is 5.57 Å². The molecule has 0 saturated heterocycles. The molecule has 150 valence electrons. The van der Waals surface area contributed by atoms with Crippen LogP contribution in [0.3, 0.4) is 0 Å². The van der Waals surface area contributed by atoms with Crippen LogP contribution in [0.15, 0.2) is 54.3 Å². The fraction of sp³-hybridized carbons (Fsp3) is 0.542. The molecule has 0 spiro atoms. The SMILES string of the molecule is CC(CCc1ccccc1)SC1C(C(=O)O)=CC=CN1CC1CC2CCC1C2. The van der Waals surface area contributed by atoms with Gasteiger partial charge in [-0.15, -0.1) is 11.8 Å². The molecule has 1 heterocycles. The lowest BCUT2D eigenvalue weighted by Crippen LogP contribution is -2.39. The van der Waals surface area contributed by atoms with E-state index in [1.54, 1.807) is 6.08 Å². The molecule has 0 radical (unpaired) electrons. The van der Waals surface area contributed by atoms with Crippen molar-refractivity contribution in [2.45, 2.75) is 56.1 Å². The van der Waals surface area contributed by atoms with Gasteiger partial charge in [-0.05, 0) is 67.6 Å². The third kappa shape index (κ3) is 4.48. The van der Waals surface area contributed by atoms with Crippen molar-refractivity contribution in [2.24, 2.45) is 17.8 Å². The highest BCUT2D eigenvalue weighted by Crippen LogP contribution is 2.49. The number of fused-ring (bicyclic) bond motifs is 2. The van der Waals surface area contributed by atoms with Crippen LogP contribution in [0.1, 0.15) is 44.6 Å². The molecule has 2 saturated carbocycles. The molecule has 28 heavy (non-hydrogen) atoms. The van der Waals surface area contributed by atoms with Crippen LogP contribution in [0.2, 0.25) is 0 Å². The number of carboxylic acids is 1. The first-order chi connectivity index (χ1) is 13.6. The Morgan fingerprint density at radius 3 is 2.75 bits per heavy atom. The van der Waals surface area contributed by atoms with E-state index >= 15 is 0 Å². The molecule has 4 rings (SSSR count). The van der Waals surface area contributed by atoms with Crippen LogP contribution in [0.5, 0.6) is 0 Å². The molecule has 1 N–H and O–H groups in total. The van der Waals surface area contributed by atoms with Crippen molar-refractivity contribution in [3.05, 3.63) is 59.8 Å². The number of nitrogens with zero attached hydrogens (tertiary/aromatic N) is 1. The van der Waals surface area contributed by atoms with Crippen LogP contribution in [0.4, 0.5) is 0 Å². The Hall–Kier alpha value is -1.68. The zero-order valence-corrected chi connectivity index (χ0v) is 17.5. The van der Waals surface area contributed by atoms with Gasteiger partial charge in [-0.25, -0.2) is 4.79 Å². The Bertz CT molecular complexity index is 744. The van der Waals surface area contributed by atoms with E-state index < -0.39 is 5.97 Å². The zero-order chi connectivity index (χ0) is 19.5. The summed E-state index contributed by atoms with van der Waals surface area (Å²) < 4.78 is 0. The third-order valence-electron chi connectivity index (χ3n) is 6.74. The first-order valence-electron chi connectivity index (χ1n) is 10.7. The number of rotatable bonds is 8. The van der Waals surface area contributed by atoms with Gasteiger partial charge in [-0.2, -0.15) is 0 Å². The summed E-state index contributed by atoms with van der Waals surface area (Å²) in [6, 6.07) is 10.6. The second-order valence-electron chi connectivity index (χ2n) is 8.72. The van der Waals surface area contributed by atoms with Gasteiger partial charge in [-0.1, -0.05) is 43.7 Å². The highest BCUT2D eigenvalue weighted by atomic mass is 32.2. The van der Waals surface area contributed by atoms with Gasteiger partial charge >= 0.3 is 5.97 Å². The second-order valence-corrected chi connectivity index (χ2v) is 10.2. The minimum Gasteiger partial charge on any atom is -0.478 e. The zero-order valence-electron chi connectivity index (χ0n) is 16.7. The van der Waals surface area contributed by atoms with Crippen LogP contribution < -0.4 is 0 Å². The molecule has 2 aliphatic carbocycles. The molecular weight excluding hydrogens is 366 g/mol. The van der Waals surface area contributed by atoms with Gasteiger partial charge in [0.25, 0.3) is 0 Å². The number of thioether (sulfide) groups is 1. The molecule has 1 aliphatic heterocycles. The number of aryl methyl sites for hydroxylation is 1. The lowest BCUT2D eigenvalue weighted by molar-refractivity contribution is -0.133. The Morgan fingerprint density at radius 1 is 1.25 bits per heavy atom. The van der Waals surface area contributed by atoms with E-state index in [0.29, 0.717) is 10.8 Å². The molecule has 3 nitrogen and oxygen atoms in total. The first kappa shape index (κ1) is 19.6. The molecule has 4 heteroatoms. The van der Waals surface area contributed by atoms with E-state index in [-0.39, 0.29) is 5.37 Å². The molecule has 2 fully saturated rings. The van der Waals surface area contributed by atoms with Gasteiger partial charge in [0.2, 0.25) is 0 Å². The monoisotopic (exact) mass is 397 g/mol. The summed E-state index contributed by atoms with van der Waals surface area (Å²) in [6.45, 7) is 3.24. The largest absolute Gasteiger partial charge is 0.478 e. The topological polar surface area (TPSA) is 40.5 Å². The molecule has 1 aromatic rings. The lowest BCUT2D eigenvalue weighted by atomic mass is 9.88. The highest BCUT2D eigenvalue weighted by Gasteiger charge is 2.41. The van der Waals surface area contributed by atoms with Crippen molar-refractivity contribution >= 4 is 17.7 Å². The third-order valence-corrected chi connectivity index (χ3v) is 8.22. The predicted molar refractivity (Wildman–Crippen MR) is 116 cm³/mol. The second kappa shape index (κ2) is 8.77. The summed E-state index contributed by atoms with van der Waals surface area (Å²) in [6.07, 6.45) is 13.5. The molecule has 3 aliphatic rings. The molecular formula is C24H31NO2S. The molecule has 0 amide bonds. The van der Waals surface area contributed by atoms with Crippen LogP contribution in [-0.4, -0.2) is 33.1 Å². The maximum atomic E-state index is 11.9. The van der Waals surface area contributed by atoms with Crippen molar-refractivity contribution in [3.63, 3.8) is 0 Å². The number of aliphatic carboxylic acids is 1. The maximum absolute atomic E-state index is 11.9. The summed E-state index contributed by atoms with van der Waals surface area (Å²) >= 11 is 1.81. The Kier molecular flexibility index (Phi) is 6.15. The minimum absolute atomic E-state index is 0.0765. The quantitative estimate of drug-likeness (QED) is 0.642. The van der Waals surface area contributed by atoms with E-state index in [4.69, 9.17) is 0 Å². The van der Waals surface area contributed by atoms with Gasteiger partial charge in [0.15, 0.2) is 0 Å². The lowest BCUT2D eigenvalue weighted by Gasteiger charge is -2.37. The smallest absolute Gasteiger partial charge is 0.334 e. The molecule has 5 atom stereocenters. The number of carboxylic acid groups (broad SMARTS) is 1. The summed E-state index contributed by atoms with van der Waals surface area (Å²) in [5.74, 6) is 1.74. The number of carbonyl (C=O) groups is 1. The van der Waals surface area contributed by atoms with Gasteiger partial charge in [0, 0.05) is 18.0 Å². The first-order valence-corrected chi connectivity index (χ1v) is 11.6. The molecule has 2 bridgehead atoms. The fourth-order valence-electron chi connectivity index (χ4n) is 5.25. The van der Waals surface area contributed by atoms with E-state index in [1.807, 2.05) is 23.9 Å². The highest BCUT2D eigenvalue weighted by molar-refractivity contribution is 8.00. The van der Waals surface area contributed by atoms with Crippen molar-refractivity contribution in [1.82, 2.24) is 4.90 Å². The van der Waals surface area contributed by atoms with Crippen LogP contribution in [0.25, 0.3) is 0 Å². The van der Waals surface area contributed by atoms with Crippen molar-refractivity contribution < 1.29 is 9.90 Å². The average Bonchev–Trinajstić information content (AvgIpc) is 3.31. The maximum Gasteiger partial charge on any atom is 0.334 e. The predicted octanol–water partition coefficient (Wildman–Crippen LogP) is 5.34. The van der Waals surface area contributed by atoms with Crippen LogP contribution >= 0.6 is 11.8 Å². The van der Waals surface area contributed by atoms with Gasteiger partial charge < -0.3 is 10.0 Å². The fourth-order valence-corrected chi connectivity index (χ4v) is 6.59. The Morgan fingerprint density at radius 2 is 2.07 bits per heavy atom. The summed E-state index contributed by atoms with van der Waals surface area (Å²) in [4.78, 5) is 14.2. The molecule has 1 aromatic carbocycles. The average molecular weight is 398 g/mol. The minimum atomic E-state index is -0.782. The summed E-state index contributed by atoms with van der Waals surface area (Å²) in [7, 11) is 0. The van der Waals surface area contributed by atoms with Gasteiger partial charge in [-0.3, -0.25) is 0 Å². The van der Waals surface area contributed by atoms with Crippen molar-refractivity contribution in [3.8, 4) is 0 Å². The number of hydrogen-bond acceptors (Lipinski definition) is 3. The normalized spacial score (nSPS) is 29.8. The van der Waals surface area contributed by atoms with Crippen molar-refractivity contribution in [1.29, 1.82) is 0 Å². The summed E-state index contributed by atoms with van der Waals surface area (Å²) in [5.41, 5.74) is 1.88. The van der Waals surface area contributed by atoms with E-state index in [2.05, 4.69) is 42.3 Å². The number of hydrogen-bond donors (Lipinski definition) is 1. The number of benzene rings is 1.